The van der Waals surface area contributed by atoms with E-state index in [1.54, 1.807) is 13.3 Å². The summed E-state index contributed by atoms with van der Waals surface area (Å²) in [6.07, 6.45) is 9.34. The van der Waals surface area contributed by atoms with Crippen LogP contribution in [0.4, 0.5) is 0 Å². The van der Waals surface area contributed by atoms with Crippen molar-refractivity contribution < 1.29 is 9.53 Å². The van der Waals surface area contributed by atoms with Gasteiger partial charge in [0.2, 0.25) is 5.91 Å². The van der Waals surface area contributed by atoms with Crippen LogP contribution in [0.25, 0.3) is 0 Å². The van der Waals surface area contributed by atoms with Crippen molar-refractivity contribution in [1.29, 1.82) is 0 Å². The second kappa shape index (κ2) is 7.98. The standard InChI is InChI=1S/C23H31N3O2/c1-15(26-13-12-24-16(26)2)14-21(27)25-23-20-7-5-4-6-19(20)22(23)17-8-10-18(28-3)11-9-17/h8-13,15,19-20,22-23H,4-7,14H2,1-3H3,(H,25,27)/t15-,19+,20+,22-,23-/m0/s1. The Morgan fingerprint density at radius 3 is 2.61 bits per heavy atom. The van der Waals surface area contributed by atoms with E-state index in [0.29, 0.717) is 24.2 Å². The summed E-state index contributed by atoms with van der Waals surface area (Å²) in [6, 6.07) is 8.78. The number of nitrogens with zero attached hydrogens (tertiary/aromatic N) is 2. The molecule has 0 radical (unpaired) electrons. The zero-order chi connectivity index (χ0) is 19.7. The summed E-state index contributed by atoms with van der Waals surface area (Å²) in [5.41, 5.74) is 1.33. The molecule has 2 fully saturated rings. The normalized spacial score (nSPS) is 27.4. The summed E-state index contributed by atoms with van der Waals surface area (Å²) in [5.74, 6) is 3.72. The van der Waals surface area contributed by atoms with E-state index in [4.69, 9.17) is 4.74 Å². The molecular weight excluding hydrogens is 350 g/mol. The zero-order valence-electron chi connectivity index (χ0n) is 17.1. The van der Waals surface area contributed by atoms with E-state index < -0.39 is 0 Å². The van der Waals surface area contributed by atoms with Gasteiger partial charge in [-0.25, -0.2) is 4.98 Å². The largest absolute Gasteiger partial charge is 0.497 e. The predicted molar refractivity (Wildman–Crippen MR) is 109 cm³/mol. The van der Waals surface area contributed by atoms with Crippen molar-refractivity contribution in [2.75, 3.05) is 7.11 Å². The lowest BCUT2D eigenvalue weighted by atomic mass is 9.53. The molecule has 5 atom stereocenters. The number of amides is 1. The first kappa shape index (κ1) is 19.0. The molecule has 2 saturated carbocycles. The third kappa shape index (κ3) is 3.54. The van der Waals surface area contributed by atoms with Crippen LogP contribution in [0.5, 0.6) is 5.75 Å². The first-order valence-corrected chi connectivity index (χ1v) is 10.5. The van der Waals surface area contributed by atoms with Crippen molar-refractivity contribution in [3.63, 3.8) is 0 Å². The third-order valence-corrected chi connectivity index (χ3v) is 6.83. The summed E-state index contributed by atoms with van der Waals surface area (Å²) in [4.78, 5) is 17.1. The molecule has 0 spiro atoms. The number of imidazole rings is 1. The fourth-order valence-corrected chi connectivity index (χ4v) is 5.41. The first-order valence-electron chi connectivity index (χ1n) is 10.5. The van der Waals surface area contributed by atoms with Crippen LogP contribution in [-0.2, 0) is 4.79 Å². The average molecular weight is 382 g/mol. The van der Waals surface area contributed by atoms with Gasteiger partial charge in [0.05, 0.1) is 7.11 Å². The van der Waals surface area contributed by atoms with Gasteiger partial charge in [-0.2, -0.15) is 0 Å². The number of rotatable bonds is 6. The highest BCUT2D eigenvalue weighted by Gasteiger charge is 2.51. The maximum absolute atomic E-state index is 12.9. The Labute approximate surface area is 167 Å². The molecule has 1 aromatic carbocycles. The Hall–Kier alpha value is -2.30. The fourth-order valence-electron chi connectivity index (χ4n) is 5.41. The van der Waals surface area contributed by atoms with Gasteiger partial charge >= 0.3 is 0 Å². The minimum atomic E-state index is 0.115. The topological polar surface area (TPSA) is 56.1 Å². The van der Waals surface area contributed by atoms with E-state index in [2.05, 4.69) is 33.9 Å². The summed E-state index contributed by atoms with van der Waals surface area (Å²) in [6.45, 7) is 4.06. The average Bonchev–Trinajstić information content (AvgIpc) is 3.13. The minimum absolute atomic E-state index is 0.115. The fraction of sp³-hybridized carbons (Fsp3) is 0.565. The predicted octanol–water partition coefficient (Wildman–Crippen LogP) is 4.24. The van der Waals surface area contributed by atoms with E-state index in [0.717, 1.165) is 11.6 Å². The summed E-state index contributed by atoms with van der Waals surface area (Å²) >= 11 is 0. The molecule has 1 heterocycles. The number of carbonyl (C=O) groups excluding carboxylic acids is 1. The zero-order valence-corrected chi connectivity index (χ0v) is 17.1. The number of methoxy groups -OCH3 is 1. The molecule has 1 amide bonds. The Morgan fingerprint density at radius 2 is 1.96 bits per heavy atom. The quantitative estimate of drug-likeness (QED) is 0.814. The van der Waals surface area contributed by atoms with E-state index >= 15 is 0 Å². The first-order chi connectivity index (χ1) is 13.6. The van der Waals surface area contributed by atoms with Crippen LogP contribution in [-0.4, -0.2) is 28.6 Å². The third-order valence-electron chi connectivity index (χ3n) is 6.83. The van der Waals surface area contributed by atoms with E-state index in [9.17, 15) is 4.79 Å². The molecule has 5 heteroatoms. The second-order valence-electron chi connectivity index (χ2n) is 8.44. The lowest BCUT2D eigenvalue weighted by Gasteiger charge is -2.55. The number of nitrogens with one attached hydrogen (secondary N) is 1. The Bertz CT molecular complexity index is 814. The molecule has 1 aromatic heterocycles. The van der Waals surface area contributed by atoms with Gasteiger partial charge in [0, 0.05) is 36.8 Å². The van der Waals surface area contributed by atoms with Crippen LogP contribution in [0.2, 0.25) is 0 Å². The molecular formula is C23H31N3O2. The molecule has 28 heavy (non-hydrogen) atoms. The van der Waals surface area contributed by atoms with E-state index in [-0.39, 0.29) is 18.0 Å². The molecule has 150 valence electrons. The molecule has 5 nitrogen and oxygen atoms in total. The highest BCUT2D eigenvalue weighted by atomic mass is 16.5. The van der Waals surface area contributed by atoms with Crippen molar-refractivity contribution >= 4 is 5.91 Å². The van der Waals surface area contributed by atoms with Gasteiger partial charge in [-0.3, -0.25) is 4.79 Å². The van der Waals surface area contributed by atoms with Crippen LogP contribution in [0, 0.1) is 18.8 Å². The molecule has 2 aromatic rings. The van der Waals surface area contributed by atoms with Crippen molar-refractivity contribution in [1.82, 2.24) is 14.9 Å². The lowest BCUT2D eigenvalue weighted by molar-refractivity contribution is -0.125. The van der Waals surface area contributed by atoms with Gasteiger partial charge in [-0.15, -0.1) is 0 Å². The van der Waals surface area contributed by atoms with Crippen molar-refractivity contribution in [3.8, 4) is 5.75 Å². The summed E-state index contributed by atoms with van der Waals surface area (Å²) in [5, 5.41) is 3.40. The van der Waals surface area contributed by atoms with Crippen LogP contribution >= 0.6 is 0 Å². The van der Waals surface area contributed by atoms with Gasteiger partial charge < -0.3 is 14.6 Å². The highest BCUT2D eigenvalue weighted by Crippen LogP contribution is 2.54. The van der Waals surface area contributed by atoms with Crippen LogP contribution in [0.1, 0.15) is 62.4 Å². The molecule has 0 aliphatic heterocycles. The van der Waals surface area contributed by atoms with Gasteiger partial charge in [-0.1, -0.05) is 25.0 Å². The van der Waals surface area contributed by atoms with E-state index in [1.165, 1.54) is 31.2 Å². The number of hydrogen-bond donors (Lipinski definition) is 1. The van der Waals surface area contributed by atoms with Gasteiger partial charge in [0.1, 0.15) is 11.6 Å². The smallest absolute Gasteiger partial charge is 0.222 e. The number of fused-ring (bicyclic) bond motifs is 1. The second-order valence-corrected chi connectivity index (χ2v) is 8.44. The number of aromatic nitrogens is 2. The summed E-state index contributed by atoms with van der Waals surface area (Å²) < 4.78 is 7.38. The van der Waals surface area contributed by atoms with Gasteiger partial charge in [0.25, 0.3) is 0 Å². The number of benzene rings is 1. The summed E-state index contributed by atoms with van der Waals surface area (Å²) in [7, 11) is 1.70. The van der Waals surface area contributed by atoms with Crippen LogP contribution < -0.4 is 10.1 Å². The maximum Gasteiger partial charge on any atom is 0.222 e. The molecule has 2 aliphatic carbocycles. The SMILES string of the molecule is COc1ccc([C@H]2[C@@H]3CCCC[C@H]3[C@@H]2NC(=O)C[C@H](C)n2ccnc2C)cc1. The van der Waals surface area contributed by atoms with E-state index in [1.807, 2.05) is 25.3 Å². The van der Waals surface area contributed by atoms with Crippen molar-refractivity contribution in [2.24, 2.45) is 11.8 Å². The van der Waals surface area contributed by atoms with Gasteiger partial charge in [-0.05, 0) is 56.2 Å². The van der Waals surface area contributed by atoms with Crippen LogP contribution in [0.15, 0.2) is 36.7 Å². The maximum atomic E-state index is 12.9. The number of ether oxygens (including phenoxy) is 1. The molecule has 2 aliphatic rings. The van der Waals surface area contributed by atoms with Gasteiger partial charge in [0.15, 0.2) is 0 Å². The Morgan fingerprint density at radius 1 is 1.25 bits per heavy atom. The van der Waals surface area contributed by atoms with Crippen molar-refractivity contribution in [3.05, 3.63) is 48.0 Å². The molecule has 1 N–H and O–H groups in total. The number of carbonyl (C=O) groups is 1. The molecule has 4 rings (SSSR count). The lowest BCUT2D eigenvalue weighted by Crippen LogP contribution is -2.59. The van der Waals surface area contributed by atoms with Crippen LogP contribution in [0.3, 0.4) is 0 Å². The molecule has 0 saturated heterocycles. The Kier molecular flexibility index (Phi) is 5.42. The number of aryl methyl sites for hydroxylation is 1. The monoisotopic (exact) mass is 381 g/mol. The Balaban J connectivity index is 1.46. The molecule has 0 unspecified atom stereocenters. The van der Waals surface area contributed by atoms with Crippen molar-refractivity contribution in [2.45, 2.75) is 64.0 Å². The minimum Gasteiger partial charge on any atom is -0.497 e. The highest BCUT2D eigenvalue weighted by molar-refractivity contribution is 5.77. The number of hydrogen-bond acceptors (Lipinski definition) is 3. The molecule has 0 bridgehead atoms.